The molecule has 1 unspecified atom stereocenters. The zero-order chi connectivity index (χ0) is 19.2. The topological polar surface area (TPSA) is 75.7 Å². The minimum absolute atomic E-state index is 0.0949. The molecule has 27 heavy (non-hydrogen) atoms. The Morgan fingerprint density at radius 2 is 1.96 bits per heavy atom. The van der Waals surface area contributed by atoms with Gasteiger partial charge in [0.15, 0.2) is 0 Å². The van der Waals surface area contributed by atoms with E-state index in [2.05, 4.69) is 5.32 Å². The van der Waals surface area contributed by atoms with Gasteiger partial charge in [0.1, 0.15) is 6.04 Å². The number of hydrogen-bond donors (Lipinski definition) is 1. The van der Waals surface area contributed by atoms with Crippen LogP contribution < -0.4 is 5.32 Å². The average Bonchev–Trinajstić information content (AvgIpc) is 3.23. The molecule has 1 atom stereocenters. The molecule has 2 amide bonds. The highest BCUT2D eigenvalue weighted by Gasteiger charge is 2.33. The summed E-state index contributed by atoms with van der Waals surface area (Å²) >= 11 is 1.38. The number of esters is 1. The molecule has 1 saturated heterocycles. The van der Waals surface area contributed by atoms with Crippen LogP contribution in [0.5, 0.6) is 0 Å². The van der Waals surface area contributed by atoms with Gasteiger partial charge < -0.3 is 15.0 Å². The predicted octanol–water partition coefficient (Wildman–Crippen LogP) is 3.56. The predicted molar refractivity (Wildman–Crippen MR) is 104 cm³/mol. The Kier molecular flexibility index (Phi) is 6.24. The number of anilines is 1. The molecule has 1 N–H and O–H groups in total. The van der Waals surface area contributed by atoms with Crippen LogP contribution in [-0.4, -0.2) is 41.9 Å². The zero-order valence-electron chi connectivity index (χ0n) is 15.1. The van der Waals surface area contributed by atoms with Crippen LogP contribution in [0.25, 0.3) is 0 Å². The number of amides is 2. The number of piperidine rings is 1. The fourth-order valence-electron chi connectivity index (χ4n) is 3.12. The maximum atomic E-state index is 12.8. The molecule has 0 radical (unpaired) electrons. The first-order valence-electron chi connectivity index (χ1n) is 9.02. The molecule has 0 bridgehead atoms. The summed E-state index contributed by atoms with van der Waals surface area (Å²) in [6.45, 7) is 2.64. The normalized spacial score (nSPS) is 16.6. The summed E-state index contributed by atoms with van der Waals surface area (Å²) in [6.07, 6.45) is 2.45. The second-order valence-corrected chi connectivity index (χ2v) is 7.22. The molecule has 7 heteroatoms. The zero-order valence-corrected chi connectivity index (χ0v) is 16.0. The largest absolute Gasteiger partial charge is 0.462 e. The first-order valence-corrected chi connectivity index (χ1v) is 9.90. The number of rotatable bonds is 5. The lowest BCUT2D eigenvalue weighted by atomic mass is 10.0. The fraction of sp³-hybridized carbons (Fsp3) is 0.350. The molecule has 1 aliphatic rings. The van der Waals surface area contributed by atoms with Gasteiger partial charge in [0, 0.05) is 12.2 Å². The Hall–Kier alpha value is -2.67. The molecule has 1 aromatic heterocycles. The highest BCUT2D eigenvalue weighted by molar-refractivity contribution is 7.12. The van der Waals surface area contributed by atoms with Crippen molar-refractivity contribution in [1.29, 1.82) is 0 Å². The van der Waals surface area contributed by atoms with Crippen LogP contribution in [0.4, 0.5) is 5.69 Å². The number of carbonyl (C=O) groups is 3. The number of ether oxygens (including phenoxy) is 1. The van der Waals surface area contributed by atoms with E-state index in [0.29, 0.717) is 35.7 Å². The van der Waals surface area contributed by atoms with E-state index in [0.717, 1.165) is 12.8 Å². The molecule has 0 saturated carbocycles. The quantitative estimate of drug-likeness (QED) is 0.797. The van der Waals surface area contributed by atoms with E-state index in [1.165, 1.54) is 11.3 Å². The van der Waals surface area contributed by atoms with Crippen molar-refractivity contribution in [3.63, 3.8) is 0 Å². The summed E-state index contributed by atoms with van der Waals surface area (Å²) in [5, 5.41) is 4.72. The van der Waals surface area contributed by atoms with E-state index in [4.69, 9.17) is 4.74 Å². The fourth-order valence-corrected chi connectivity index (χ4v) is 3.80. The lowest BCUT2D eigenvalue weighted by Crippen LogP contribution is -2.49. The Balaban J connectivity index is 1.68. The van der Waals surface area contributed by atoms with Crippen LogP contribution >= 0.6 is 11.3 Å². The van der Waals surface area contributed by atoms with E-state index in [1.807, 2.05) is 11.4 Å². The summed E-state index contributed by atoms with van der Waals surface area (Å²) in [5.74, 6) is -0.693. The second kappa shape index (κ2) is 8.81. The van der Waals surface area contributed by atoms with Crippen LogP contribution in [0, 0.1) is 0 Å². The number of likely N-dealkylation sites (tertiary alicyclic amines) is 1. The van der Waals surface area contributed by atoms with Crippen molar-refractivity contribution in [3.05, 3.63) is 52.2 Å². The van der Waals surface area contributed by atoms with E-state index in [1.54, 1.807) is 42.2 Å². The van der Waals surface area contributed by atoms with Crippen molar-refractivity contribution in [3.8, 4) is 0 Å². The molecular formula is C20H22N2O4S. The first-order chi connectivity index (χ1) is 13.1. The number of hydrogen-bond acceptors (Lipinski definition) is 5. The minimum atomic E-state index is -0.488. The van der Waals surface area contributed by atoms with Gasteiger partial charge in [0.2, 0.25) is 5.91 Å². The molecule has 0 spiro atoms. The SMILES string of the molecule is CCOC(=O)c1ccc(NC(=O)C2CCCCN2C(=O)c2cccs2)cc1. The average molecular weight is 386 g/mol. The molecule has 2 heterocycles. The molecule has 1 aromatic carbocycles. The van der Waals surface area contributed by atoms with Gasteiger partial charge in [-0.15, -0.1) is 11.3 Å². The van der Waals surface area contributed by atoms with Crippen molar-refractivity contribution in [1.82, 2.24) is 4.90 Å². The van der Waals surface area contributed by atoms with Gasteiger partial charge in [0.25, 0.3) is 5.91 Å². The third kappa shape index (κ3) is 4.54. The highest BCUT2D eigenvalue weighted by atomic mass is 32.1. The maximum Gasteiger partial charge on any atom is 0.338 e. The number of nitrogens with zero attached hydrogens (tertiary/aromatic N) is 1. The number of nitrogens with one attached hydrogen (secondary N) is 1. The van der Waals surface area contributed by atoms with Crippen LogP contribution in [0.2, 0.25) is 0 Å². The molecule has 2 aromatic rings. The standard InChI is InChI=1S/C20H22N2O4S/c1-2-26-20(25)14-8-10-15(11-9-14)21-18(23)16-6-3-4-12-22(16)19(24)17-7-5-13-27-17/h5,7-11,13,16H,2-4,6,12H2,1H3,(H,21,23). The smallest absolute Gasteiger partial charge is 0.338 e. The van der Waals surface area contributed by atoms with E-state index in [9.17, 15) is 14.4 Å². The number of carbonyl (C=O) groups excluding carboxylic acids is 3. The van der Waals surface area contributed by atoms with E-state index in [-0.39, 0.29) is 11.8 Å². The summed E-state index contributed by atoms with van der Waals surface area (Å²) in [4.78, 5) is 39.5. The van der Waals surface area contributed by atoms with Crippen LogP contribution in [0.1, 0.15) is 46.2 Å². The van der Waals surface area contributed by atoms with Crippen molar-refractivity contribution >= 4 is 34.8 Å². The third-order valence-corrected chi connectivity index (χ3v) is 5.32. The van der Waals surface area contributed by atoms with Crippen molar-refractivity contribution in [2.45, 2.75) is 32.2 Å². The number of benzene rings is 1. The second-order valence-electron chi connectivity index (χ2n) is 6.27. The highest BCUT2D eigenvalue weighted by Crippen LogP contribution is 2.23. The minimum Gasteiger partial charge on any atom is -0.462 e. The van der Waals surface area contributed by atoms with Crippen LogP contribution in [0.15, 0.2) is 41.8 Å². The molecule has 1 aliphatic heterocycles. The Bertz CT molecular complexity index is 802. The molecule has 1 fully saturated rings. The lowest BCUT2D eigenvalue weighted by Gasteiger charge is -2.34. The number of thiophene rings is 1. The molecular weight excluding hydrogens is 364 g/mol. The van der Waals surface area contributed by atoms with E-state index >= 15 is 0 Å². The van der Waals surface area contributed by atoms with Crippen molar-refractivity contribution < 1.29 is 19.1 Å². The van der Waals surface area contributed by atoms with Crippen LogP contribution in [-0.2, 0) is 9.53 Å². The summed E-state index contributed by atoms with van der Waals surface area (Å²) in [6, 6.07) is 9.69. The van der Waals surface area contributed by atoms with Gasteiger partial charge in [-0.25, -0.2) is 4.79 Å². The Labute approximate surface area is 162 Å². The lowest BCUT2D eigenvalue weighted by molar-refractivity contribution is -0.121. The summed E-state index contributed by atoms with van der Waals surface area (Å²) < 4.78 is 4.95. The Morgan fingerprint density at radius 3 is 2.63 bits per heavy atom. The van der Waals surface area contributed by atoms with Crippen molar-refractivity contribution in [2.75, 3.05) is 18.5 Å². The van der Waals surface area contributed by atoms with Gasteiger partial charge in [-0.2, -0.15) is 0 Å². The summed E-state index contributed by atoms with van der Waals surface area (Å²) in [5.41, 5.74) is 1.02. The first kappa shape index (κ1) is 19.1. The third-order valence-electron chi connectivity index (χ3n) is 4.46. The van der Waals surface area contributed by atoms with E-state index < -0.39 is 12.0 Å². The van der Waals surface area contributed by atoms with Gasteiger partial charge in [0.05, 0.1) is 17.0 Å². The molecule has 3 rings (SSSR count). The maximum absolute atomic E-state index is 12.8. The van der Waals surface area contributed by atoms with Gasteiger partial charge >= 0.3 is 5.97 Å². The van der Waals surface area contributed by atoms with Gasteiger partial charge in [-0.3, -0.25) is 9.59 Å². The van der Waals surface area contributed by atoms with Gasteiger partial charge in [-0.1, -0.05) is 6.07 Å². The molecule has 142 valence electrons. The summed E-state index contributed by atoms with van der Waals surface area (Å²) in [7, 11) is 0. The van der Waals surface area contributed by atoms with Gasteiger partial charge in [-0.05, 0) is 61.9 Å². The van der Waals surface area contributed by atoms with Crippen LogP contribution in [0.3, 0.4) is 0 Å². The Morgan fingerprint density at radius 1 is 1.19 bits per heavy atom. The van der Waals surface area contributed by atoms with Crippen molar-refractivity contribution in [2.24, 2.45) is 0 Å². The molecule has 0 aliphatic carbocycles. The monoisotopic (exact) mass is 386 g/mol. The molecule has 6 nitrogen and oxygen atoms in total.